The first-order valence-electron chi connectivity index (χ1n) is 9.53. The van der Waals surface area contributed by atoms with E-state index in [0.29, 0.717) is 30.1 Å². The van der Waals surface area contributed by atoms with Crippen LogP contribution in [-0.2, 0) is 6.18 Å². The van der Waals surface area contributed by atoms with E-state index in [4.69, 9.17) is 4.52 Å². The van der Waals surface area contributed by atoms with Crippen LogP contribution in [0.3, 0.4) is 0 Å². The molecule has 152 valence electrons. The van der Waals surface area contributed by atoms with Gasteiger partial charge in [0, 0.05) is 30.3 Å². The molecule has 1 saturated heterocycles. The van der Waals surface area contributed by atoms with Gasteiger partial charge in [0.05, 0.1) is 6.04 Å². The van der Waals surface area contributed by atoms with Crippen LogP contribution in [0.2, 0.25) is 0 Å². The van der Waals surface area contributed by atoms with Crippen LogP contribution in [0.5, 0.6) is 0 Å². The number of nitrogens with zero attached hydrogens (tertiary/aromatic N) is 5. The fraction of sp³-hybridized carbons (Fsp3) is 0.474. The van der Waals surface area contributed by atoms with Gasteiger partial charge in [0.25, 0.3) is 5.91 Å². The maximum absolute atomic E-state index is 13.6. The van der Waals surface area contributed by atoms with Crippen LogP contribution in [-0.4, -0.2) is 37.1 Å². The monoisotopic (exact) mass is 405 g/mol. The molecule has 2 aliphatic rings. The molecule has 0 spiro atoms. The van der Waals surface area contributed by atoms with E-state index < -0.39 is 17.8 Å². The van der Waals surface area contributed by atoms with E-state index in [1.807, 2.05) is 0 Å². The van der Waals surface area contributed by atoms with Gasteiger partial charge in [0.15, 0.2) is 11.3 Å². The van der Waals surface area contributed by atoms with Gasteiger partial charge in [-0.15, -0.1) is 0 Å². The number of amides is 1. The first kappa shape index (κ1) is 18.1. The predicted octanol–water partition coefficient (Wildman–Crippen LogP) is 3.90. The van der Waals surface area contributed by atoms with Crippen molar-refractivity contribution in [1.82, 2.24) is 24.7 Å². The van der Waals surface area contributed by atoms with Crippen molar-refractivity contribution in [1.29, 1.82) is 0 Å². The summed E-state index contributed by atoms with van der Waals surface area (Å²) in [7, 11) is 0. The number of rotatable bonds is 3. The lowest BCUT2D eigenvalue weighted by atomic mass is 10.1. The Kier molecular flexibility index (Phi) is 3.94. The van der Waals surface area contributed by atoms with Crippen LogP contribution in [0.1, 0.15) is 71.0 Å². The van der Waals surface area contributed by atoms with Gasteiger partial charge in [-0.3, -0.25) is 4.79 Å². The van der Waals surface area contributed by atoms with Crippen LogP contribution >= 0.6 is 0 Å². The summed E-state index contributed by atoms with van der Waals surface area (Å²) in [4.78, 5) is 19.0. The van der Waals surface area contributed by atoms with Gasteiger partial charge in [-0.05, 0) is 38.7 Å². The summed E-state index contributed by atoms with van der Waals surface area (Å²) >= 11 is 0. The third kappa shape index (κ3) is 3.16. The second-order valence-corrected chi connectivity index (χ2v) is 7.66. The molecule has 0 radical (unpaired) electrons. The van der Waals surface area contributed by atoms with E-state index in [-0.39, 0.29) is 23.3 Å². The zero-order valence-corrected chi connectivity index (χ0v) is 15.6. The SMILES string of the molecule is Cc1cc([C@@H]2CCCN2C(=O)c2cc3nc(C4CC4)cc(C(F)(F)F)n3n2)no1. The molecule has 5 rings (SSSR count). The standard InChI is InChI=1S/C19H18F3N5O2/c1-10-7-13(25-29-10)15-3-2-6-26(15)18(28)14-9-17-23-12(11-4-5-11)8-16(19(20,21)22)27(17)24-14/h7-9,11,15H,2-6H2,1H3/t15-/m0/s1. The number of carbonyl (C=O) groups excluding carboxylic acids is 1. The van der Waals surface area contributed by atoms with Gasteiger partial charge >= 0.3 is 6.18 Å². The first-order valence-corrected chi connectivity index (χ1v) is 9.53. The molecule has 1 aliphatic heterocycles. The second kappa shape index (κ2) is 6.30. The lowest BCUT2D eigenvalue weighted by molar-refractivity contribution is -0.142. The highest BCUT2D eigenvalue weighted by Gasteiger charge is 2.39. The number of aryl methyl sites for hydroxylation is 1. The Hall–Kier alpha value is -2.91. The number of aromatic nitrogens is 4. The molecular weight excluding hydrogens is 387 g/mol. The predicted molar refractivity (Wildman–Crippen MR) is 94.2 cm³/mol. The normalized spacial score (nSPS) is 20.0. The lowest BCUT2D eigenvalue weighted by Crippen LogP contribution is -2.31. The number of carbonyl (C=O) groups is 1. The molecule has 29 heavy (non-hydrogen) atoms. The first-order chi connectivity index (χ1) is 13.8. The maximum atomic E-state index is 13.6. The summed E-state index contributed by atoms with van der Waals surface area (Å²) in [6, 6.07) is 3.88. The van der Waals surface area contributed by atoms with Gasteiger partial charge in [-0.25, -0.2) is 9.50 Å². The Balaban J connectivity index is 1.53. The van der Waals surface area contributed by atoms with Gasteiger partial charge in [0.1, 0.15) is 17.1 Å². The van der Waals surface area contributed by atoms with Crippen LogP contribution in [0.15, 0.2) is 22.7 Å². The number of hydrogen-bond acceptors (Lipinski definition) is 5. The number of likely N-dealkylation sites (tertiary alicyclic amines) is 1. The molecule has 0 unspecified atom stereocenters. The van der Waals surface area contributed by atoms with Crippen molar-refractivity contribution in [3.05, 3.63) is 46.7 Å². The molecule has 3 aromatic heterocycles. The van der Waals surface area contributed by atoms with Crippen molar-refractivity contribution < 1.29 is 22.5 Å². The molecule has 1 aliphatic carbocycles. The number of hydrogen-bond donors (Lipinski definition) is 0. The zero-order chi connectivity index (χ0) is 20.3. The Labute approximate surface area is 163 Å². The minimum atomic E-state index is -4.59. The molecule has 3 aromatic rings. The van der Waals surface area contributed by atoms with E-state index in [1.54, 1.807) is 17.9 Å². The summed E-state index contributed by atoms with van der Waals surface area (Å²) in [6.07, 6.45) is -1.46. The van der Waals surface area contributed by atoms with Crippen molar-refractivity contribution in [2.75, 3.05) is 6.54 Å². The summed E-state index contributed by atoms with van der Waals surface area (Å²) in [6.45, 7) is 2.25. The molecule has 0 aromatic carbocycles. The smallest absolute Gasteiger partial charge is 0.361 e. The molecule has 7 nitrogen and oxygen atoms in total. The van der Waals surface area contributed by atoms with Gasteiger partial charge in [-0.1, -0.05) is 5.16 Å². The average Bonchev–Trinajstić information content (AvgIpc) is 3.05. The topological polar surface area (TPSA) is 76.5 Å². The lowest BCUT2D eigenvalue weighted by Gasteiger charge is -2.21. The van der Waals surface area contributed by atoms with Crippen LogP contribution in [0, 0.1) is 6.92 Å². The van der Waals surface area contributed by atoms with Gasteiger partial charge < -0.3 is 9.42 Å². The van der Waals surface area contributed by atoms with Crippen molar-refractivity contribution in [2.24, 2.45) is 0 Å². The van der Waals surface area contributed by atoms with E-state index in [0.717, 1.165) is 29.8 Å². The average molecular weight is 405 g/mol. The molecule has 1 atom stereocenters. The summed E-state index contributed by atoms with van der Waals surface area (Å²) < 4.78 is 46.6. The molecule has 1 saturated carbocycles. The minimum Gasteiger partial charge on any atom is -0.361 e. The number of alkyl halides is 3. The summed E-state index contributed by atoms with van der Waals surface area (Å²) in [5.41, 5.74) is 0.123. The summed E-state index contributed by atoms with van der Waals surface area (Å²) in [5.74, 6) is 0.256. The maximum Gasteiger partial charge on any atom is 0.433 e. The Morgan fingerprint density at radius 1 is 1.17 bits per heavy atom. The quantitative estimate of drug-likeness (QED) is 0.661. The molecule has 10 heteroatoms. The van der Waals surface area contributed by atoms with Crippen LogP contribution < -0.4 is 0 Å². The molecule has 0 N–H and O–H groups in total. The van der Waals surface area contributed by atoms with Crippen LogP contribution in [0.25, 0.3) is 5.65 Å². The minimum absolute atomic E-state index is 0.0399. The highest BCUT2D eigenvalue weighted by Crippen LogP contribution is 2.41. The third-order valence-electron chi connectivity index (χ3n) is 5.45. The van der Waals surface area contributed by atoms with E-state index in [1.165, 1.54) is 6.07 Å². The zero-order valence-electron chi connectivity index (χ0n) is 15.6. The van der Waals surface area contributed by atoms with Gasteiger partial charge in [0.2, 0.25) is 0 Å². The second-order valence-electron chi connectivity index (χ2n) is 7.66. The van der Waals surface area contributed by atoms with Crippen molar-refractivity contribution >= 4 is 11.6 Å². The van der Waals surface area contributed by atoms with Gasteiger partial charge in [-0.2, -0.15) is 18.3 Å². The molecule has 0 bridgehead atoms. The van der Waals surface area contributed by atoms with Crippen molar-refractivity contribution in [2.45, 2.75) is 50.7 Å². The Morgan fingerprint density at radius 2 is 1.97 bits per heavy atom. The Bertz CT molecular complexity index is 1100. The summed E-state index contributed by atoms with van der Waals surface area (Å²) in [5, 5.41) is 7.97. The highest BCUT2D eigenvalue weighted by molar-refractivity contribution is 5.93. The van der Waals surface area contributed by atoms with E-state index >= 15 is 0 Å². The molecular formula is C19H18F3N5O2. The number of fused-ring (bicyclic) bond motifs is 1. The fourth-order valence-corrected chi connectivity index (χ4v) is 3.90. The fourth-order valence-electron chi connectivity index (χ4n) is 3.90. The third-order valence-corrected chi connectivity index (χ3v) is 5.45. The largest absolute Gasteiger partial charge is 0.433 e. The Morgan fingerprint density at radius 3 is 2.62 bits per heavy atom. The highest BCUT2D eigenvalue weighted by atomic mass is 19.4. The van der Waals surface area contributed by atoms with Crippen molar-refractivity contribution in [3.8, 4) is 0 Å². The van der Waals surface area contributed by atoms with Crippen LogP contribution in [0.4, 0.5) is 13.2 Å². The molecule has 1 amide bonds. The van der Waals surface area contributed by atoms with E-state index in [9.17, 15) is 18.0 Å². The van der Waals surface area contributed by atoms with Crippen molar-refractivity contribution in [3.63, 3.8) is 0 Å². The molecule has 4 heterocycles. The number of halogens is 3. The van der Waals surface area contributed by atoms with E-state index in [2.05, 4.69) is 15.2 Å². The molecule has 2 fully saturated rings.